The number of ether oxygens (including phenoxy) is 2. The smallest absolute Gasteiger partial charge is 0.343 e. The van der Waals surface area contributed by atoms with E-state index in [4.69, 9.17) is 9.57 Å². The molecule has 17 heavy (non-hydrogen) atoms. The van der Waals surface area contributed by atoms with Crippen molar-refractivity contribution in [2.45, 2.75) is 6.42 Å². The van der Waals surface area contributed by atoms with Crippen molar-refractivity contribution in [1.29, 1.82) is 0 Å². The van der Waals surface area contributed by atoms with Crippen molar-refractivity contribution in [1.82, 2.24) is 4.73 Å². The van der Waals surface area contributed by atoms with Gasteiger partial charge in [-0.15, -0.1) is 0 Å². The Morgan fingerprint density at radius 2 is 2.12 bits per heavy atom. The maximum absolute atomic E-state index is 11.7. The zero-order valence-corrected chi connectivity index (χ0v) is 9.84. The monoisotopic (exact) mass is 241 g/mol. The van der Waals surface area contributed by atoms with Crippen molar-refractivity contribution in [2.75, 3.05) is 27.4 Å². The number of aromatic nitrogens is 1. The molecule has 0 aliphatic heterocycles. The molecule has 0 saturated heterocycles. The first-order valence-electron chi connectivity index (χ1n) is 5.13. The lowest BCUT2D eigenvalue weighted by Crippen LogP contribution is -2.31. The van der Waals surface area contributed by atoms with Crippen molar-refractivity contribution in [3.63, 3.8) is 0 Å². The molecule has 1 rings (SSSR count). The molecule has 94 valence electrons. The quantitative estimate of drug-likeness (QED) is 0.522. The second-order valence-electron chi connectivity index (χ2n) is 3.22. The van der Waals surface area contributed by atoms with Gasteiger partial charge in [0.1, 0.15) is 12.2 Å². The molecular weight excluding hydrogens is 226 g/mol. The highest BCUT2D eigenvalue weighted by atomic mass is 16.7. The Morgan fingerprint density at radius 3 is 2.76 bits per heavy atom. The van der Waals surface area contributed by atoms with Gasteiger partial charge in [-0.1, -0.05) is 0 Å². The van der Waals surface area contributed by atoms with E-state index in [2.05, 4.69) is 4.74 Å². The van der Waals surface area contributed by atoms with Crippen LogP contribution in [0.15, 0.2) is 23.1 Å². The van der Waals surface area contributed by atoms with E-state index in [0.717, 1.165) is 4.73 Å². The molecule has 1 aromatic heterocycles. The Balaban J connectivity index is 2.73. The average Bonchev–Trinajstić information content (AvgIpc) is 2.35. The predicted octanol–water partition coefficient (Wildman–Crippen LogP) is 0.100. The van der Waals surface area contributed by atoms with E-state index in [9.17, 15) is 9.59 Å². The summed E-state index contributed by atoms with van der Waals surface area (Å²) in [5, 5.41) is 0. The van der Waals surface area contributed by atoms with E-state index in [1.165, 1.54) is 19.4 Å². The number of carbonyl (C=O) groups excluding carboxylic acids is 1. The molecule has 0 radical (unpaired) electrons. The lowest BCUT2D eigenvalue weighted by atomic mass is 10.3. The van der Waals surface area contributed by atoms with Gasteiger partial charge in [0, 0.05) is 26.3 Å². The number of carbonyl (C=O) groups is 1. The lowest BCUT2D eigenvalue weighted by Gasteiger charge is -2.08. The summed E-state index contributed by atoms with van der Waals surface area (Å²) in [5.41, 5.74) is -0.585. The summed E-state index contributed by atoms with van der Waals surface area (Å²) in [6.45, 7) is 0.879. The van der Waals surface area contributed by atoms with Gasteiger partial charge in [0.25, 0.3) is 5.56 Å². The topological polar surface area (TPSA) is 66.8 Å². The molecule has 0 N–H and O–H groups in total. The second kappa shape index (κ2) is 6.70. The summed E-state index contributed by atoms with van der Waals surface area (Å²) in [7, 11) is 2.81. The fourth-order valence-corrected chi connectivity index (χ4v) is 1.21. The Bertz CT molecular complexity index is 426. The van der Waals surface area contributed by atoms with Gasteiger partial charge in [-0.05, 0) is 12.1 Å². The zero-order chi connectivity index (χ0) is 12.7. The molecule has 0 fully saturated rings. The van der Waals surface area contributed by atoms with Crippen LogP contribution in [0.4, 0.5) is 0 Å². The van der Waals surface area contributed by atoms with E-state index in [1.807, 2.05) is 0 Å². The average molecular weight is 241 g/mol. The molecule has 6 nitrogen and oxygen atoms in total. The van der Waals surface area contributed by atoms with Crippen LogP contribution in [0.1, 0.15) is 16.8 Å². The van der Waals surface area contributed by atoms with Gasteiger partial charge in [-0.2, -0.15) is 4.73 Å². The predicted molar refractivity (Wildman–Crippen MR) is 60.0 cm³/mol. The molecule has 1 heterocycles. The van der Waals surface area contributed by atoms with Crippen LogP contribution in [0, 0.1) is 0 Å². The van der Waals surface area contributed by atoms with Gasteiger partial charge in [0.2, 0.25) is 0 Å². The third kappa shape index (κ3) is 3.60. The van der Waals surface area contributed by atoms with Crippen LogP contribution in [-0.2, 0) is 9.47 Å². The number of rotatable bonds is 6. The van der Waals surface area contributed by atoms with Crippen molar-refractivity contribution in [2.24, 2.45) is 0 Å². The summed E-state index contributed by atoms with van der Waals surface area (Å²) in [6.07, 6.45) is 2.10. The zero-order valence-electron chi connectivity index (χ0n) is 9.84. The van der Waals surface area contributed by atoms with Gasteiger partial charge in [-0.25, -0.2) is 4.79 Å². The van der Waals surface area contributed by atoms with E-state index >= 15 is 0 Å². The lowest BCUT2D eigenvalue weighted by molar-refractivity contribution is 0.0575. The maximum atomic E-state index is 11.7. The third-order valence-corrected chi connectivity index (χ3v) is 2.04. The minimum Gasteiger partial charge on any atom is -0.465 e. The fraction of sp³-hybridized carbons (Fsp3) is 0.455. The number of nitrogens with zero attached hydrogens (tertiary/aromatic N) is 1. The summed E-state index contributed by atoms with van der Waals surface area (Å²) in [4.78, 5) is 28.2. The van der Waals surface area contributed by atoms with Crippen LogP contribution in [-0.4, -0.2) is 38.1 Å². The Morgan fingerprint density at radius 1 is 1.35 bits per heavy atom. The molecule has 0 amide bonds. The molecule has 0 aliphatic rings. The number of hydrogen-bond acceptors (Lipinski definition) is 5. The summed E-state index contributed by atoms with van der Waals surface area (Å²) < 4.78 is 10.4. The molecule has 0 spiro atoms. The SMILES string of the molecule is COCCCOn1cccc(C(=O)OC)c1=O. The highest BCUT2D eigenvalue weighted by Gasteiger charge is 2.12. The van der Waals surface area contributed by atoms with E-state index in [0.29, 0.717) is 19.6 Å². The summed E-state index contributed by atoms with van der Waals surface area (Å²) >= 11 is 0. The van der Waals surface area contributed by atoms with E-state index in [-0.39, 0.29) is 5.56 Å². The molecule has 1 aromatic rings. The molecule has 0 unspecified atom stereocenters. The maximum Gasteiger partial charge on any atom is 0.343 e. The van der Waals surface area contributed by atoms with E-state index < -0.39 is 11.5 Å². The molecule has 0 bridgehead atoms. The molecule has 0 atom stereocenters. The first-order valence-corrected chi connectivity index (χ1v) is 5.13. The Labute approximate surface area is 98.7 Å². The molecule has 0 aliphatic carbocycles. The summed E-state index contributed by atoms with van der Waals surface area (Å²) in [6, 6.07) is 2.94. The normalized spacial score (nSPS) is 10.0. The minimum absolute atomic E-state index is 0.0539. The number of hydrogen-bond donors (Lipinski definition) is 0. The third-order valence-electron chi connectivity index (χ3n) is 2.04. The first-order chi connectivity index (χ1) is 8.20. The van der Waals surface area contributed by atoms with Crippen LogP contribution in [0.5, 0.6) is 0 Å². The Hall–Kier alpha value is -1.82. The first kappa shape index (κ1) is 13.2. The second-order valence-corrected chi connectivity index (χ2v) is 3.22. The van der Waals surface area contributed by atoms with Crippen molar-refractivity contribution in [3.05, 3.63) is 34.2 Å². The van der Waals surface area contributed by atoms with Crippen LogP contribution in [0.3, 0.4) is 0 Å². The van der Waals surface area contributed by atoms with Crippen molar-refractivity contribution < 1.29 is 19.1 Å². The molecular formula is C11H15NO5. The summed E-state index contributed by atoms with van der Waals surface area (Å²) in [5.74, 6) is -0.676. The fourth-order valence-electron chi connectivity index (χ4n) is 1.21. The van der Waals surface area contributed by atoms with Gasteiger partial charge in [0.05, 0.1) is 7.11 Å². The number of esters is 1. The standard InChI is InChI=1S/C11H15NO5/c1-15-7-4-8-17-12-6-3-5-9(10(12)13)11(14)16-2/h3,5-6H,4,7-8H2,1-2H3. The molecule has 6 heteroatoms. The van der Waals surface area contributed by atoms with Gasteiger partial charge in [-0.3, -0.25) is 4.79 Å². The number of methoxy groups -OCH3 is 2. The minimum atomic E-state index is -0.676. The van der Waals surface area contributed by atoms with Gasteiger partial charge < -0.3 is 14.3 Å². The van der Waals surface area contributed by atoms with Gasteiger partial charge >= 0.3 is 5.97 Å². The van der Waals surface area contributed by atoms with Crippen molar-refractivity contribution >= 4 is 5.97 Å². The largest absolute Gasteiger partial charge is 0.465 e. The van der Waals surface area contributed by atoms with Crippen LogP contribution in [0.25, 0.3) is 0 Å². The highest BCUT2D eigenvalue weighted by molar-refractivity contribution is 5.88. The van der Waals surface area contributed by atoms with Crippen LogP contribution < -0.4 is 10.4 Å². The van der Waals surface area contributed by atoms with Crippen LogP contribution >= 0.6 is 0 Å². The molecule has 0 aromatic carbocycles. The van der Waals surface area contributed by atoms with Crippen molar-refractivity contribution in [3.8, 4) is 0 Å². The highest BCUT2D eigenvalue weighted by Crippen LogP contribution is 1.93. The van der Waals surface area contributed by atoms with Crippen LogP contribution in [0.2, 0.25) is 0 Å². The van der Waals surface area contributed by atoms with E-state index in [1.54, 1.807) is 13.2 Å². The Kier molecular flexibility index (Phi) is 5.22. The van der Waals surface area contributed by atoms with Gasteiger partial charge in [0.15, 0.2) is 0 Å². The molecule has 0 saturated carbocycles. The number of pyridine rings is 1.